The minimum absolute atomic E-state index is 0.482. The minimum atomic E-state index is 0.482. The van der Waals surface area contributed by atoms with Crippen LogP contribution < -0.4 is 5.73 Å². The quantitative estimate of drug-likeness (QED) is 0.726. The van der Waals surface area contributed by atoms with Gasteiger partial charge in [0, 0.05) is 5.56 Å². The molecule has 21 heavy (non-hydrogen) atoms. The third kappa shape index (κ3) is 2.41. The predicted octanol–water partition coefficient (Wildman–Crippen LogP) is 4.60. The van der Waals surface area contributed by atoms with Gasteiger partial charge in [0.15, 0.2) is 5.82 Å². The Morgan fingerprint density at radius 3 is 2.52 bits per heavy atom. The van der Waals surface area contributed by atoms with Crippen LogP contribution in [0.25, 0.3) is 22.4 Å². The molecule has 0 spiro atoms. The van der Waals surface area contributed by atoms with Crippen molar-refractivity contribution >= 4 is 17.4 Å². The van der Waals surface area contributed by atoms with Gasteiger partial charge < -0.3 is 5.73 Å². The van der Waals surface area contributed by atoms with E-state index in [1.54, 1.807) is 0 Å². The number of hydrogen-bond acceptors (Lipinski definition) is 2. The number of nitrogens with two attached hydrogens (primary N) is 1. The van der Waals surface area contributed by atoms with E-state index in [0.29, 0.717) is 10.8 Å². The molecular weight excluding hydrogens is 282 g/mol. The molecule has 0 bridgehead atoms. The molecule has 3 aromatic rings. The molecule has 0 aliphatic carbocycles. The standard InChI is InChI=1S/C17H16ClN3/c1-10-7-8-13(14(18)9-10)16-15(17(19)21-20-16)12-6-4-3-5-11(12)2/h3-9H,1-2H3,(H3,19,20,21). The van der Waals surface area contributed by atoms with E-state index in [1.165, 1.54) is 0 Å². The normalized spacial score (nSPS) is 10.8. The molecule has 0 atom stereocenters. The number of rotatable bonds is 2. The molecule has 0 fully saturated rings. The van der Waals surface area contributed by atoms with Crippen molar-refractivity contribution in [2.75, 3.05) is 5.73 Å². The first-order valence-corrected chi connectivity index (χ1v) is 7.12. The van der Waals surface area contributed by atoms with Gasteiger partial charge in [-0.25, -0.2) is 0 Å². The number of halogens is 1. The van der Waals surface area contributed by atoms with Gasteiger partial charge >= 0.3 is 0 Å². The topological polar surface area (TPSA) is 54.7 Å². The molecule has 0 amide bonds. The highest BCUT2D eigenvalue weighted by Gasteiger charge is 2.17. The number of nitrogen functional groups attached to an aromatic ring is 1. The number of benzene rings is 2. The van der Waals surface area contributed by atoms with Crippen molar-refractivity contribution in [3.05, 3.63) is 58.6 Å². The zero-order valence-corrected chi connectivity index (χ0v) is 12.7. The van der Waals surface area contributed by atoms with E-state index < -0.39 is 0 Å². The first-order valence-electron chi connectivity index (χ1n) is 6.74. The average molecular weight is 298 g/mol. The van der Waals surface area contributed by atoms with Crippen LogP contribution in [0.2, 0.25) is 5.02 Å². The van der Waals surface area contributed by atoms with Crippen LogP contribution in [0.4, 0.5) is 5.82 Å². The highest BCUT2D eigenvalue weighted by molar-refractivity contribution is 6.33. The predicted molar refractivity (Wildman–Crippen MR) is 88.4 cm³/mol. The highest BCUT2D eigenvalue weighted by atomic mass is 35.5. The summed E-state index contributed by atoms with van der Waals surface area (Å²) >= 11 is 6.38. The largest absolute Gasteiger partial charge is 0.382 e. The second-order valence-corrected chi connectivity index (χ2v) is 5.56. The van der Waals surface area contributed by atoms with Crippen molar-refractivity contribution in [2.24, 2.45) is 0 Å². The smallest absolute Gasteiger partial charge is 0.153 e. The highest BCUT2D eigenvalue weighted by Crippen LogP contribution is 2.39. The number of nitrogens with one attached hydrogen (secondary N) is 1. The maximum atomic E-state index is 6.38. The van der Waals surface area contributed by atoms with E-state index in [4.69, 9.17) is 17.3 Å². The van der Waals surface area contributed by atoms with Gasteiger partial charge in [0.25, 0.3) is 0 Å². The molecule has 1 aromatic heterocycles. The number of hydrogen-bond donors (Lipinski definition) is 2. The van der Waals surface area contributed by atoms with Crippen LogP contribution in [0.3, 0.4) is 0 Å². The van der Waals surface area contributed by atoms with Gasteiger partial charge in [-0.15, -0.1) is 0 Å². The maximum absolute atomic E-state index is 6.38. The lowest BCUT2D eigenvalue weighted by Crippen LogP contribution is -1.91. The Kier molecular flexibility index (Phi) is 3.43. The number of aromatic nitrogens is 2. The van der Waals surface area contributed by atoms with Crippen LogP contribution in [0.15, 0.2) is 42.5 Å². The second-order valence-electron chi connectivity index (χ2n) is 5.16. The fourth-order valence-electron chi connectivity index (χ4n) is 2.50. The Morgan fingerprint density at radius 1 is 1.05 bits per heavy atom. The molecule has 1 heterocycles. The van der Waals surface area contributed by atoms with Crippen molar-refractivity contribution in [3.63, 3.8) is 0 Å². The monoisotopic (exact) mass is 297 g/mol. The number of anilines is 1. The van der Waals surface area contributed by atoms with Gasteiger partial charge in [-0.1, -0.05) is 48.0 Å². The Hall–Kier alpha value is -2.26. The molecule has 0 saturated heterocycles. The summed E-state index contributed by atoms with van der Waals surface area (Å²) in [7, 11) is 0. The average Bonchev–Trinajstić information content (AvgIpc) is 2.81. The van der Waals surface area contributed by atoms with Crippen molar-refractivity contribution in [3.8, 4) is 22.4 Å². The third-order valence-corrected chi connectivity index (χ3v) is 3.92. The van der Waals surface area contributed by atoms with E-state index in [2.05, 4.69) is 23.2 Å². The molecule has 0 aliphatic heterocycles. The molecular formula is C17H16ClN3. The van der Waals surface area contributed by atoms with Gasteiger partial charge in [-0.3, -0.25) is 5.10 Å². The number of aryl methyl sites for hydroxylation is 2. The lowest BCUT2D eigenvalue weighted by atomic mass is 9.97. The summed E-state index contributed by atoms with van der Waals surface area (Å²) in [5, 5.41) is 7.87. The van der Waals surface area contributed by atoms with E-state index in [0.717, 1.165) is 33.5 Å². The molecule has 3 N–H and O–H groups in total. The van der Waals surface area contributed by atoms with Gasteiger partial charge in [-0.05, 0) is 36.6 Å². The Bertz CT molecular complexity index is 806. The fraction of sp³-hybridized carbons (Fsp3) is 0.118. The van der Waals surface area contributed by atoms with Crippen LogP contribution in [-0.4, -0.2) is 10.2 Å². The van der Waals surface area contributed by atoms with Crippen molar-refractivity contribution in [2.45, 2.75) is 13.8 Å². The van der Waals surface area contributed by atoms with Crippen LogP contribution in [0.5, 0.6) is 0 Å². The molecule has 3 nitrogen and oxygen atoms in total. The first kappa shape index (κ1) is 13.7. The van der Waals surface area contributed by atoms with Crippen molar-refractivity contribution in [1.29, 1.82) is 0 Å². The van der Waals surface area contributed by atoms with Crippen LogP contribution in [0, 0.1) is 13.8 Å². The third-order valence-electron chi connectivity index (χ3n) is 3.60. The molecule has 0 unspecified atom stereocenters. The summed E-state index contributed by atoms with van der Waals surface area (Å²) in [4.78, 5) is 0. The molecule has 0 radical (unpaired) electrons. The number of nitrogens with zero attached hydrogens (tertiary/aromatic N) is 1. The Balaban J connectivity index is 2.25. The summed E-state index contributed by atoms with van der Waals surface area (Å²) in [5.74, 6) is 0.482. The SMILES string of the molecule is Cc1ccc(-c2[nH]nc(N)c2-c2ccccc2C)c(Cl)c1. The van der Waals surface area contributed by atoms with E-state index in [9.17, 15) is 0 Å². The Labute approximate surface area is 128 Å². The van der Waals surface area contributed by atoms with Gasteiger partial charge in [-0.2, -0.15) is 5.10 Å². The van der Waals surface area contributed by atoms with Crippen LogP contribution in [0.1, 0.15) is 11.1 Å². The van der Waals surface area contributed by atoms with Crippen LogP contribution >= 0.6 is 11.6 Å². The zero-order chi connectivity index (χ0) is 15.0. The summed E-state index contributed by atoms with van der Waals surface area (Å²) in [6.45, 7) is 4.07. The lowest BCUT2D eigenvalue weighted by Gasteiger charge is -2.09. The summed E-state index contributed by atoms with van der Waals surface area (Å²) < 4.78 is 0. The number of aromatic amines is 1. The van der Waals surface area contributed by atoms with Gasteiger partial charge in [0.05, 0.1) is 16.3 Å². The second kappa shape index (κ2) is 5.26. The first-order chi connectivity index (χ1) is 10.1. The summed E-state index contributed by atoms with van der Waals surface area (Å²) in [6.07, 6.45) is 0. The lowest BCUT2D eigenvalue weighted by molar-refractivity contribution is 1.10. The Morgan fingerprint density at radius 2 is 1.81 bits per heavy atom. The minimum Gasteiger partial charge on any atom is -0.382 e. The molecule has 0 saturated carbocycles. The van der Waals surface area contributed by atoms with E-state index >= 15 is 0 Å². The molecule has 4 heteroatoms. The summed E-state index contributed by atoms with van der Waals surface area (Å²) in [5.41, 5.74) is 12.1. The zero-order valence-electron chi connectivity index (χ0n) is 11.9. The molecule has 0 aliphatic rings. The van der Waals surface area contributed by atoms with Gasteiger partial charge in [0.1, 0.15) is 0 Å². The fourth-order valence-corrected chi connectivity index (χ4v) is 2.83. The molecule has 2 aromatic carbocycles. The molecule has 3 rings (SSSR count). The molecule has 106 valence electrons. The summed E-state index contributed by atoms with van der Waals surface area (Å²) in [6, 6.07) is 14.1. The van der Waals surface area contributed by atoms with Crippen molar-refractivity contribution in [1.82, 2.24) is 10.2 Å². The van der Waals surface area contributed by atoms with Crippen molar-refractivity contribution < 1.29 is 0 Å². The van der Waals surface area contributed by atoms with Gasteiger partial charge in [0.2, 0.25) is 0 Å². The maximum Gasteiger partial charge on any atom is 0.153 e. The number of H-pyrrole nitrogens is 1. The van der Waals surface area contributed by atoms with E-state index in [-0.39, 0.29) is 0 Å². The van der Waals surface area contributed by atoms with E-state index in [1.807, 2.05) is 43.3 Å². The van der Waals surface area contributed by atoms with Crippen LogP contribution in [-0.2, 0) is 0 Å².